The van der Waals surface area contributed by atoms with Crippen molar-refractivity contribution in [2.45, 2.75) is 31.0 Å². The fourth-order valence-electron chi connectivity index (χ4n) is 3.00. The Morgan fingerprint density at radius 2 is 1.69 bits per heavy atom. The molecule has 0 radical (unpaired) electrons. The van der Waals surface area contributed by atoms with Crippen LogP contribution in [0.3, 0.4) is 0 Å². The molecule has 1 aliphatic heterocycles. The van der Waals surface area contributed by atoms with E-state index < -0.39 is 10.0 Å². The third kappa shape index (κ3) is 4.12. The molecule has 2 aromatic carbocycles. The number of para-hydroxylation sites is 1. The zero-order chi connectivity index (χ0) is 18.7. The molecule has 26 heavy (non-hydrogen) atoms. The van der Waals surface area contributed by atoms with E-state index in [4.69, 9.17) is 4.74 Å². The first-order chi connectivity index (χ1) is 12.4. The second kappa shape index (κ2) is 7.57. The number of hydrogen-bond donors (Lipinski definition) is 1. The van der Waals surface area contributed by atoms with Crippen LogP contribution in [0.1, 0.15) is 24.2 Å². The molecule has 2 atom stereocenters. The highest BCUT2D eigenvalue weighted by atomic mass is 32.2. The van der Waals surface area contributed by atoms with Gasteiger partial charge in [-0.3, -0.25) is 4.79 Å². The number of anilines is 1. The Hall–Kier alpha value is -2.22. The number of morpholine rings is 1. The highest BCUT2D eigenvalue weighted by Gasteiger charge is 2.32. The lowest BCUT2D eigenvalue weighted by atomic mass is 10.2. The van der Waals surface area contributed by atoms with Crippen LogP contribution in [-0.2, 0) is 14.8 Å². The van der Waals surface area contributed by atoms with Gasteiger partial charge in [0.1, 0.15) is 0 Å². The minimum Gasteiger partial charge on any atom is -0.373 e. The molecule has 0 aliphatic carbocycles. The summed E-state index contributed by atoms with van der Waals surface area (Å²) in [5.74, 6) is -0.350. The zero-order valence-corrected chi connectivity index (χ0v) is 15.6. The Bertz CT molecular complexity index is 873. The molecule has 1 heterocycles. The molecule has 1 fully saturated rings. The van der Waals surface area contributed by atoms with E-state index in [9.17, 15) is 13.2 Å². The molecule has 7 heteroatoms. The number of carbonyl (C=O) groups excluding carboxylic acids is 1. The van der Waals surface area contributed by atoms with Gasteiger partial charge in [0, 0.05) is 24.3 Å². The van der Waals surface area contributed by atoms with Gasteiger partial charge in [-0.2, -0.15) is 4.31 Å². The Kier molecular flexibility index (Phi) is 5.41. The lowest BCUT2D eigenvalue weighted by Crippen LogP contribution is -2.48. The fraction of sp³-hybridized carbons (Fsp3) is 0.316. The summed E-state index contributed by atoms with van der Waals surface area (Å²) in [6, 6.07) is 15.1. The zero-order valence-electron chi connectivity index (χ0n) is 14.8. The van der Waals surface area contributed by atoms with Crippen LogP contribution in [-0.4, -0.2) is 43.9 Å². The molecule has 138 valence electrons. The standard InChI is InChI=1S/C19H22N2O4S/c1-14-12-21(13-15(2)25-14)26(23,24)18-10-6-7-16(11-18)19(22)20-17-8-4-3-5-9-17/h3-11,14-15H,12-13H2,1-2H3,(H,20,22). The van der Waals surface area contributed by atoms with Crippen molar-refractivity contribution in [3.63, 3.8) is 0 Å². The first-order valence-electron chi connectivity index (χ1n) is 8.48. The molecular formula is C19H22N2O4S. The molecule has 2 aromatic rings. The van der Waals surface area contributed by atoms with E-state index in [2.05, 4.69) is 5.32 Å². The monoisotopic (exact) mass is 374 g/mol. The molecular weight excluding hydrogens is 352 g/mol. The number of carbonyl (C=O) groups is 1. The van der Waals surface area contributed by atoms with Crippen LogP contribution >= 0.6 is 0 Å². The Morgan fingerprint density at radius 1 is 1.04 bits per heavy atom. The third-order valence-electron chi connectivity index (χ3n) is 4.15. The Labute approximate surface area is 153 Å². The first-order valence-corrected chi connectivity index (χ1v) is 9.92. The van der Waals surface area contributed by atoms with Crippen molar-refractivity contribution in [3.8, 4) is 0 Å². The van der Waals surface area contributed by atoms with Gasteiger partial charge < -0.3 is 10.1 Å². The molecule has 0 spiro atoms. The number of benzene rings is 2. The number of nitrogens with zero attached hydrogens (tertiary/aromatic N) is 1. The summed E-state index contributed by atoms with van der Waals surface area (Å²) in [7, 11) is -3.68. The number of sulfonamides is 1. The maximum atomic E-state index is 13.0. The highest BCUT2D eigenvalue weighted by Crippen LogP contribution is 2.22. The van der Waals surface area contributed by atoms with Gasteiger partial charge in [-0.05, 0) is 44.2 Å². The number of rotatable bonds is 4. The minimum absolute atomic E-state index is 0.111. The Morgan fingerprint density at radius 3 is 2.35 bits per heavy atom. The van der Waals surface area contributed by atoms with Crippen LogP contribution in [0, 0.1) is 0 Å². The SMILES string of the molecule is CC1CN(S(=O)(=O)c2cccc(C(=O)Nc3ccccc3)c2)CC(C)O1. The van der Waals surface area contributed by atoms with E-state index in [1.54, 1.807) is 24.3 Å². The van der Waals surface area contributed by atoms with Crippen LogP contribution in [0.4, 0.5) is 5.69 Å². The van der Waals surface area contributed by atoms with Crippen molar-refractivity contribution < 1.29 is 17.9 Å². The molecule has 3 rings (SSSR count). The summed E-state index contributed by atoms with van der Waals surface area (Å²) in [6.07, 6.45) is -0.337. The molecule has 1 aliphatic rings. The van der Waals surface area contributed by atoms with Crippen LogP contribution in [0.25, 0.3) is 0 Å². The summed E-state index contributed by atoms with van der Waals surface area (Å²) in [4.78, 5) is 12.5. The smallest absolute Gasteiger partial charge is 0.255 e. The van der Waals surface area contributed by atoms with Gasteiger partial charge in [-0.15, -0.1) is 0 Å². The van der Waals surface area contributed by atoms with E-state index >= 15 is 0 Å². The van der Waals surface area contributed by atoms with Gasteiger partial charge in [0.15, 0.2) is 0 Å². The summed E-state index contributed by atoms with van der Waals surface area (Å²) < 4.78 is 32.9. The predicted molar refractivity (Wildman–Crippen MR) is 99.6 cm³/mol. The molecule has 0 saturated carbocycles. The van der Waals surface area contributed by atoms with Crippen molar-refractivity contribution in [2.24, 2.45) is 0 Å². The normalized spacial score (nSPS) is 21.3. The quantitative estimate of drug-likeness (QED) is 0.893. The highest BCUT2D eigenvalue weighted by molar-refractivity contribution is 7.89. The van der Waals surface area contributed by atoms with E-state index in [-0.39, 0.29) is 23.0 Å². The lowest BCUT2D eigenvalue weighted by Gasteiger charge is -2.34. The largest absolute Gasteiger partial charge is 0.373 e. The minimum atomic E-state index is -3.68. The van der Waals surface area contributed by atoms with Crippen LogP contribution in [0.15, 0.2) is 59.5 Å². The summed E-state index contributed by atoms with van der Waals surface area (Å²) in [6.45, 7) is 4.30. The molecule has 1 saturated heterocycles. The molecule has 0 bridgehead atoms. The first kappa shape index (κ1) is 18.6. The van der Waals surface area contributed by atoms with Crippen molar-refractivity contribution in [3.05, 3.63) is 60.2 Å². The van der Waals surface area contributed by atoms with E-state index in [0.29, 0.717) is 24.3 Å². The average Bonchev–Trinajstić information content (AvgIpc) is 2.62. The summed E-state index contributed by atoms with van der Waals surface area (Å²) in [5.41, 5.74) is 0.950. The lowest BCUT2D eigenvalue weighted by molar-refractivity contribution is -0.0440. The van der Waals surface area contributed by atoms with Crippen LogP contribution in [0.5, 0.6) is 0 Å². The van der Waals surface area contributed by atoms with Gasteiger partial charge in [-0.25, -0.2) is 8.42 Å². The van der Waals surface area contributed by atoms with Crippen molar-refractivity contribution in [2.75, 3.05) is 18.4 Å². The van der Waals surface area contributed by atoms with Gasteiger partial charge in [-0.1, -0.05) is 24.3 Å². The van der Waals surface area contributed by atoms with Crippen LogP contribution in [0.2, 0.25) is 0 Å². The molecule has 1 N–H and O–H groups in total. The molecule has 2 unspecified atom stereocenters. The number of amides is 1. The van der Waals surface area contributed by atoms with Gasteiger partial charge in [0.05, 0.1) is 17.1 Å². The average molecular weight is 374 g/mol. The van der Waals surface area contributed by atoms with Gasteiger partial charge in [0.25, 0.3) is 5.91 Å². The van der Waals surface area contributed by atoms with Crippen molar-refractivity contribution in [1.29, 1.82) is 0 Å². The Balaban J connectivity index is 1.83. The third-order valence-corrected chi connectivity index (χ3v) is 5.98. The maximum absolute atomic E-state index is 13.0. The second-order valence-electron chi connectivity index (χ2n) is 6.43. The summed E-state index contributed by atoms with van der Waals surface area (Å²) >= 11 is 0. The molecule has 6 nitrogen and oxygen atoms in total. The number of ether oxygens (including phenoxy) is 1. The van der Waals surface area contributed by atoms with Crippen LogP contribution < -0.4 is 5.32 Å². The van der Waals surface area contributed by atoms with Crippen molar-refractivity contribution >= 4 is 21.6 Å². The fourth-order valence-corrected chi connectivity index (χ4v) is 4.64. The molecule has 1 amide bonds. The second-order valence-corrected chi connectivity index (χ2v) is 8.37. The van der Waals surface area contributed by atoms with Crippen molar-refractivity contribution in [1.82, 2.24) is 4.31 Å². The summed E-state index contributed by atoms with van der Waals surface area (Å²) in [5, 5.41) is 2.76. The predicted octanol–water partition coefficient (Wildman–Crippen LogP) is 2.74. The van der Waals surface area contributed by atoms with Gasteiger partial charge in [0.2, 0.25) is 10.0 Å². The maximum Gasteiger partial charge on any atom is 0.255 e. The van der Waals surface area contributed by atoms with E-state index in [1.165, 1.54) is 16.4 Å². The molecule has 0 aromatic heterocycles. The topological polar surface area (TPSA) is 75.7 Å². The number of hydrogen-bond acceptors (Lipinski definition) is 4. The van der Waals surface area contributed by atoms with E-state index in [0.717, 1.165) is 0 Å². The number of nitrogens with one attached hydrogen (secondary N) is 1. The van der Waals surface area contributed by atoms with Gasteiger partial charge >= 0.3 is 0 Å². The van der Waals surface area contributed by atoms with E-state index in [1.807, 2.05) is 32.0 Å².